The van der Waals surface area contributed by atoms with Gasteiger partial charge in [0.25, 0.3) is 5.91 Å². The lowest BCUT2D eigenvalue weighted by Gasteiger charge is -2.37. The van der Waals surface area contributed by atoms with Gasteiger partial charge in [0.15, 0.2) is 5.67 Å². The molecule has 2 aromatic rings. The lowest BCUT2D eigenvalue weighted by Crippen LogP contribution is -2.61. The van der Waals surface area contributed by atoms with Crippen molar-refractivity contribution in [3.8, 4) is 10.4 Å². The van der Waals surface area contributed by atoms with Gasteiger partial charge >= 0.3 is 0 Å². The molecule has 3 N–H and O–H groups in total. The number of hydrogen-bond acceptors (Lipinski definition) is 7. The molecule has 2 aliphatic rings. The summed E-state index contributed by atoms with van der Waals surface area (Å²) in [6.45, 7) is 6.45. The maximum Gasteiger partial charge on any atom is 0.258 e. The molecule has 8 nitrogen and oxygen atoms in total. The SMILES string of the molecule is CNCSC(C)(C)C(NC(=O)C1(F)CC1)C(=O)N1CCCC1C(=O)NCc1ccc(-c2scnc2C)cc1. The van der Waals surface area contributed by atoms with Crippen molar-refractivity contribution in [1.82, 2.24) is 25.8 Å². The molecule has 2 heterocycles. The zero-order valence-corrected chi connectivity index (χ0v) is 23.9. The van der Waals surface area contributed by atoms with Crippen LogP contribution in [-0.4, -0.2) is 69.6 Å². The van der Waals surface area contributed by atoms with Gasteiger partial charge in [-0.1, -0.05) is 24.3 Å². The standard InChI is InChI=1S/C27H36FN5O3S2/c1-17-21(37-16-31-17)19-9-7-18(8-10-19)14-30-23(34)20-6-5-13-33(20)24(35)22(26(2,3)38-15-29-4)32-25(36)27(28)11-12-27/h7-10,16,20,22,29H,5-6,11-15H2,1-4H3,(H,30,34)(H,32,36). The van der Waals surface area contributed by atoms with Crippen LogP contribution in [0.2, 0.25) is 0 Å². The molecule has 1 aromatic carbocycles. The van der Waals surface area contributed by atoms with E-state index in [1.807, 2.05) is 50.5 Å². The Kier molecular flexibility index (Phi) is 8.78. The number of alkyl halides is 1. The van der Waals surface area contributed by atoms with Crippen LogP contribution in [0.25, 0.3) is 10.4 Å². The minimum absolute atomic E-state index is 0.170. The van der Waals surface area contributed by atoms with E-state index in [0.717, 1.165) is 21.7 Å². The molecular formula is C27H36FN5O3S2. The van der Waals surface area contributed by atoms with Gasteiger partial charge in [0.05, 0.1) is 16.1 Å². The summed E-state index contributed by atoms with van der Waals surface area (Å²) in [6.07, 6.45) is 1.57. The summed E-state index contributed by atoms with van der Waals surface area (Å²) >= 11 is 3.06. The molecule has 1 aliphatic carbocycles. The Balaban J connectivity index is 1.42. The molecule has 2 atom stereocenters. The Morgan fingerprint density at radius 2 is 1.97 bits per heavy atom. The van der Waals surface area contributed by atoms with Crippen LogP contribution >= 0.6 is 23.1 Å². The number of thioether (sulfide) groups is 1. The summed E-state index contributed by atoms with van der Waals surface area (Å²) in [7, 11) is 1.80. The van der Waals surface area contributed by atoms with E-state index in [1.165, 1.54) is 11.8 Å². The number of carbonyl (C=O) groups excluding carboxylic acids is 3. The van der Waals surface area contributed by atoms with Crippen molar-refractivity contribution in [2.24, 2.45) is 0 Å². The topological polar surface area (TPSA) is 103 Å². The van der Waals surface area contributed by atoms with Gasteiger partial charge in [0, 0.05) is 23.7 Å². The molecule has 4 rings (SSSR count). The molecule has 11 heteroatoms. The van der Waals surface area contributed by atoms with E-state index in [2.05, 4.69) is 20.9 Å². The van der Waals surface area contributed by atoms with Gasteiger partial charge in [-0.25, -0.2) is 9.37 Å². The quantitative estimate of drug-likeness (QED) is 0.364. The van der Waals surface area contributed by atoms with Gasteiger partial charge in [-0.15, -0.1) is 23.1 Å². The zero-order chi connectivity index (χ0) is 27.5. The normalized spacial score (nSPS) is 19.2. The Hall–Kier alpha value is -2.50. The first-order valence-electron chi connectivity index (χ1n) is 12.9. The highest BCUT2D eigenvalue weighted by Crippen LogP contribution is 2.41. The summed E-state index contributed by atoms with van der Waals surface area (Å²) in [5.41, 5.74) is 2.96. The highest BCUT2D eigenvalue weighted by atomic mass is 32.2. The molecule has 0 spiro atoms. The molecule has 1 aliphatic heterocycles. The lowest BCUT2D eigenvalue weighted by atomic mass is 10.00. The molecule has 38 heavy (non-hydrogen) atoms. The third-order valence-corrected chi connectivity index (χ3v) is 9.56. The van der Waals surface area contributed by atoms with Crippen molar-refractivity contribution in [1.29, 1.82) is 0 Å². The van der Waals surface area contributed by atoms with Crippen LogP contribution in [0.1, 0.15) is 50.8 Å². The number of halogens is 1. The molecule has 0 radical (unpaired) electrons. The maximum atomic E-state index is 14.5. The van der Waals surface area contributed by atoms with Gasteiger partial charge in [0.1, 0.15) is 12.1 Å². The largest absolute Gasteiger partial charge is 0.350 e. The van der Waals surface area contributed by atoms with E-state index in [9.17, 15) is 18.8 Å². The summed E-state index contributed by atoms with van der Waals surface area (Å²) in [4.78, 5) is 46.5. The lowest BCUT2D eigenvalue weighted by molar-refractivity contribution is -0.143. The van der Waals surface area contributed by atoms with Crippen LogP contribution in [0.5, 0.6) is 0 Å². The first-order chi connectivity index (χ1) is 18.1. The molecule has 2 unspecified atom stereocenters. The van der Waals surface area contributed by atoms with Crippen molar-refractivity contribution in [2.45, 2.75) is 75.5 Å². The average molecular weight is 562 g/mol. The van der Waals surface area contributed by atoms with Gasteiger partial charge in [0.2, 0.25) is 11.8 Å². The van der Waals surface area contributed by atoms with Crippen LogP contribution in [0.3, 0.4) is 0 Å². The van der Waals surface area contributed by atoms with Crippen LogP contribution < -0.4 is 16.0 Å². The van der Waals surface area contributed by atoms with Crippen LogP contribution in [0.15, 0.2) is 29.8 Å². The predicted octanol–water partition coefficient (Wildman–Crippen LogP) is 3.40. The second kappa shape index (κ2) is 11.7. The summed E-state index contributed by atoms with van der Waals surface area (Å²) in [6, 6.07) is 6.39. The number of aryl methyl sites for hydroxylation is 1. The number of thiazole rings is 1. The first kappa shape index (κ1) is 28.5. The van der Waals surface area contributed by atoms with Crippen molar-refractivity contribution in [3.63, 3.8) is 0 Å². The van der Waals surface area contributed by atoms with Crippen LogP contribution in [0.4, 0.5) is 4.39 Å². The van der Waals surface area contributed by atoms with Crippen molar-refractivity contribution >= 4 is 40.8 Å². The number of amides is 3. The number of hydrogen-bond donors (Lipinski definition) is 3. The zero-order valence-electron chi connectivity index (χ0n) is 22.3. The van der Waals surface area contributed by atoms with Crippen molar-refractivity contribution in [3.05, 3.63) is 41.0 Å². The molecule has 1 saturated carbocycles. The Bertz CT molecular complexity index is 1170. The molecule has 2 fully saturated rings. The van der Waals surface area contributed by atoms with E-state index in [4.69, 9.17) is 0 Å². The fraction of sp³-hybridized carbons (Fsp3) is 0.556. The Morgan fingerprint density at radius 1 is 1.26 bits per heavy atom. The van der Waals surface area contributed by atoms with Gasteiger partial charge in [-0.05, 0) is 64.6 Å². The maximum absolute atomic E-state index is 14.5. The van der Waals surface area contributed by atoms with E-state index in [-0.39, 0.29) is 24.7 Å². The number of benzene rings is 1. The summed E-state index contributed by atoms with van der Waals surface area (Å²) in [5.74, 6) is -0.768. The van der Waals surface area contributed by atoms with Gasteiger partial charge < -0.3 is 20.9 Å². The number of aromatic nitrogens is 1. The molecule has 3 amide bonds. The minimum Gasteiger partial charge on any atom is -0.350 e. The molecular weight excluding hydrogens is 525 g/mol. The number of rotatable bonds is 11. The second-order valence-corrected chi connectivity index (χ2v) is 13.0. The van der Waals surface area contributed by atoms with Crippen LogP contribution in [-0.2, 0) is 20.9 Å². The van der Waals surface area contributed by atoms with Crippen molar-refractivity contribution in [2.75, 3.05) is 19.5 Å². The molecule has 0 bridgehead atoms. The average Bonchev–Trinajstić information content (AvgIpc) is 3.28. The number of carbonyl (C=O) groups is 3. The molecule has 1 saturated heterocycles. The minimum atomic E-state index is -1.89. The predicted molar refractivity (Wildman–Crippen MR) is 149 cm³/mol. The number of likely N-dealkylation sites (tertiary alicyclic amines) is 1. The summed E-state index contributed by atoms with van der Waals surface area (Å²) in [5, 5.41) is 8.71. The Morgan fingerprint density at radius 3 is 2.58 bits per heavy atom. The van der Waals surface area contributed by atoms with E-state index >= 15 is 0 Å². The van der Waals surface area contributed by atoms with Crippen molar-refractivity contribution < 1.29 is 18.8 Å². The highest BCUT2D eigenvalue weighted by molar-refractivity contribution is 8.00. The van der Waals surface area contributed by atoms with E-state index in [1.54, 1.807) is 23.3 Å². The first-order valence-corrected chi connectivity index (χ1v) is 14.8. The third kappa shape index (κ3) is 6.38. The number of nitrogens with one attached hydrogen (secondary N) is 3. The smallest absolute Gasteiger partial charge is 0.258 e. The highest BCUT2D eigenvalue weighted by Gasteiger charge is 2.53. The van der Waals surface area contributed by atoms with Gasteiger partial charge in [-0.3, -0.25) is 14.4 Å². The fourth-order valence-electron chi connectivity index (χ4n) is 4.60. The van der Waals surface area contributed by atoms with E-state index < -0.39 is 28.4 Å². The summed E-state index contributed by atoms with van der Waals surface area (Å²) < 4.78 is 13.8. The number of nitrogens with zero attached hydrogens (tertiary/aromatic N) is 2. The third-order valence-electron chi connectivity index (χ3n) is 7.17. The Labute approximate surface area is 231 Å². The molecule has 1 aromatic heterocycles. The second-order valence-electron chi connectivity index (χ2n) is 10.5. The monoisotopic (exact) mass is 561 g/mol. The van der Waals surface area contributed by atoms with Gasteiger partial charge in [-0.2, -0.15) is 0 Å². The molecule has 206 valence electrons. The van der Waals surface area contributed by atoms with E-state index in [0.29, 0.717) is 31.8 Å². The van der Waals surface area contributed by atoms with Crippen LogP contribution in [0, 0.1) is 6.92 Å². The fourth-order valence-corrected chi connectivity index (χ4v) is 6.25.